The molecule has 25 heavy (non-hydrogen) atoms. The summed E-state index contributed by atoms with van der Waals surface area (Å²) in [4.78, 5) is 2.52. The Labute approximate surface area is 157 Å². The number of aliphatic hydroxyl groups is 1. The monoisotopic (exact) mass is 361 g/mol. The third kappa shape index (κ3) is 5.74. The second-order valence-electron chi connectivity index (χ2n) is 6.73. The molecule has 0 spiro atoms. The van der Waals surface area contributed by atoms with Crippen LogP contribution in [0.25, 0.3) is 0 Å². The van der Waals surface area contributed by atoms with Crippen molar-refractivity contribution in [3.05, 3.63) is 65.7 Å². The van der Waals surface area contributed by atoms with Crippen molar-refractivity contribution in [3.8, 4) is 5.75 Å². The first-order chi connectivity index (χ1) is 11.7. The maximum atomic E-state index is 10.5. The molecule has 4 heteroatoms. The van der Waals surface area contributed by atoms with Gasteiger partial charge in [0.1, 0.15) is 5.75 Å². The molecule has 1 saturated heterocycles. The van der Waals surface area contributed by atoms with Crippen LogP contribution < -0.4 is 4.74 Å². The topological polar surface area (TPSA) is 32.7 Å². The first-order valence-corrected chi connectivity index (χ1v) is 8.83. The third-order valence-electron chi connectivity index (χ3n) is 5.01. The Hall–Kier alpha value is -1.55. The quantitative estimate of drug-likeness (QED) is 0.824. The molecule has 2 aromatic carbocycles. The number of likely N-dealkylation sites (tertiary alicyclic amines) is 1. The van der Waals surface area contributed by atoms with E-state index in [-0.39, 0.29) is 18.5 Å². The Morgan fingerprint density at radius 2 is 1.68 bits per heavy atom. The number of ether oxygens (including phenoxy) is 1. The lowest BCUT2D eigenvalue weighted by Crippen LogP contribution is -2.33. The zero-order chi connectivity index (χ0) is 16.8. The summed E-state index contributed by atoms with van der Waals surface area (Å²) in [5.41, 5.74) is 2.37. The van der Waals surface area contributed by atoms with Crippen molar-refractivity contribution in [3.63, 3.8) is 0 Å². The Kier molecular flexibility index (Phi) is 7.76. The molecule has 1 fully saturated rings. The average Bonchev–Trinajstić information content (AvgIpc) is 2.64. The van der Waals surface area contributed by atoms with E-state index >= 15 is 0 Å². The fourth-order valence-corrected chi connectivity index (χ4v) is 3.50. The standard InChI is InChI=1S/C21H27NO2.ClH/c1-24-20-9-7-19(8-10-20)21(23)15-17-11-13-22(14-12-17)16-18-5-3-2-4-6-18;/h2-10,17,21,23H,11-16H2,1H3;1H. The van der Waals surface area contributed by atoms with Crippen LogP contribution in [0.5, 0.6) is 5.75 Å². The highest BCUT2D eigenvalue weighted by Crippen LogP contribution is 2.29. The van der Waals surface area contributed by atoms with E-state index in [1.807, 2.05) is 24.3 Å². The van der Waals surface area contributed by atoms with E-state index in [4.69, 9.17) is 4.74 Å². The molecule has 0 amide bonds. The van der Waals surface area contributed by atoms with Gasteiger partial charge in [-0.05, 0) is 61.5 Å². The van der Waals surface area contributed by atoms with Crippen LogP contribution in [-0.4, -0.2) is 30.2 Å². The number of hydrogen-bond acceptors (Lipinski definition) is 3. The molecular weight excluding hydrogens is 334 g/mol. The molecule has 136 valence electrons. The van der Waals surface area contributed by atoms with Gasteiger partial charge in [-0.3, -0.25) is 4.90 Å². The smallest absolute Gasteiger partial charge is 0.118 e. The van der Waals surface area contributed by atoms with E-state index in [0.29, 0.717) is 5.92 Å². The predicted octanol–water partition coefficient (Wildman–Crippen LogP) is 4.45. The lowest BCUT2D eigenvalue weighted by molar-refractivity contribution is 0.106. The molecule has 3 nitrogen and oxygen atoms in total. The van der Waals surface area contributed by atoms with E-state index in [9.17, 15) is 5.11 Å². The van der Waals surface area contributed by atoms with Gasteiger partial charge in [0.2, 0.25) is 0 Å². The minimum Gasteiger partial charge on any atom is -0.497 e. The maximum Gasteiger partial charge on any atom is 0.118 e. The molecule has 0 radical (unpaired) electrons. The van der Waals surface area contributed by atoms with E-state index in [0.717, 1.165) is 37.4 Å². The third-order valence-corrected chi connectivity index (χ3v) is 5.01. The molecule has 0 aliphatic carbocycles. The van der Waals surface area contributed by atoms with Crippen LogP contribution in [0.3, 0.4) is 0 Å². The number of rotatable bonds is 6. The summed E-state index contributed by atoms with van der Waals surface area (Å²) in [6.07, 6.45) is 2.81. The molecule has 1 unspecified atom stereocenters. The normalized spacial score (nSPS) is 16.9. The number of halogens is 1. The first-order valence-electron chi connectivity index (χ1n) is 8.83. The lowest BCUT2D eigenvalue weighted by Gasteiger charge is -2.33. The van der Waals surface area contributed by atoms with Gasteiger partial charge in [-0.2, -0.15) is 0 Å². The predicted molar refractivity (Wildman–Crippen MR) is 104 cm³/mol. The fourth-order valence-electron chi connectivity index (χ4n) is 3.50. The zero-order valence-corrected chi connectivity index (χ0v) is 15.6. The van der Waals surface area contributed by atoms with Crippen LogP contribution >= 0.6 is 12.4 Å². The Morgan fingerprint density at radius 3 is 2.28 bits per heavy atom. The molecule has 3 rings (SSSR count). The van der Waals surface area contributed by atoms with Crippen molar-refractivity contribution in [2.24, 2.45) is 5.92 Å². The van der Waals surface area contributed by atoms with Crippen molar-refractivity contribution in [1.82, 2.24) is 4.90 Å². The van der Waals surface area contributed by atoms with Gasteiger partial charge in [0.15, 0.2) is 0 Å². The molecule has 1 aliphatic heterocycles. The van der Waals surface area contributed by atoms with Gasteiger partial charge in [-0.1, -0.05) is 42.5 Å². The van der Waals surface area contributed by atoms with Crippen LogP contribution in [0.2, 0.25) is 0 Å². The number of piperidine rings is 1. The van der Waals surface area contributed by atoms with Gasteiger partial charge in [-0.25, -0.2) is 0 Å². The summed E-state index contributed by atoms with van der Waals surface area (Å²) in [5.74, 6) is 1.44. The van der Waals surface area contributed by atoms with Crippen molar-refractivity contribution in [2.75, 3.05) is 20.2 Å². The number of aliphatic hydroxyl groups excluding tert-OH is 1. The maximum absolute atomic E-state index is 10.5. The summed E-state index contributed by atoms with van der Waals surface area (Å²) in [5, 5.41) is 10.5. The van der Waals surface area contributed by atoms with Crippen LogP contribution in [0, 0.1) is 5.92 Å². The van der Waals surface area contributed by atoms with Crippen LogP contribution in [-0.2, 0) is 6.54 Å². The van der Waals surface area contributed by atoms with Crippen molar-refractivity contribution < 1.29 is 9.84 Å². The van der Waals surface area contributed by atoms with E-state index in [2.05, 4.69) is 35.2 Å². The summed E-state index contributed by atoms with van der Waals surface area (Å²) in [6, 6.07) is 18.4. The van der Waals surface area contributed by atoms with Crippen LogP contribution in [0.15, 0.2) is 54.6 Å². The Bertz CT molecular complexity index is 610. The van der Waals surface area contributed by atoms with Gasteiger partial charge < -0.3 is 9.84 Å². The molecule has 2 aromatic rings. The minimum atomic E-state index is -0.374. The molecule has 1 aliphatic rings. The summed E-state index contributed by atoms with van der Waals surface area (Å²) in [6.45, 7) is 3.28. The SMILES string of the molecule is COc1ccc(C(O)CC2CCN(Cc3ccccc3)CC2)cc1.Cl. The first kappa shape index (κ1) is 19.8. The van der Waals surface area contributed by atoms with E-state index in [1.165, 1.54) is 18.4 Å². The number of methoxy groups -OCH3 is 1. The largest absolute Gasteiger partial charge is 0.497 e. The number of benzene rings is 2. The number of nitrogens with zero attached hydrogens (tertiary/aromatic N) is 1. The average molecular weight is 362 g/mol. The highest BCUT2D eigenvalue weighted by atomic mass is 35.5. The van der Waals surface area contributed by atoms with Crippen molar-refractivity contribution in [2.45, 2.75) is 31.9 Å². The highest BCUT2D eigenvalue weighted by Gasteiger charge is 2.22. The van der Waals surface area contributed by atoms with Gasteiger partial charge in [0.25, 0.3) is 0 Å². The molecule has 1 N–H and O–H groups in total. The van der Waals surface area contributed by atoms with E-state index < -0.39 is 0 Å². The van der Waals surface area contributed by atoms with Crippen molar-refractivity contribution >= 4 is 12.4 Å². The second kappa shape index (κ2) is 9.81. The van der Waals surface area contributed by atoms with Gasteiger partial charge >= 0.3 is 0 Å². The number of hydrogen-bond donors (Lipinski definition) is 1. The molecule has 1 atom stereocenters. The van der Waals surface area contributed by atoms with Gasteiger partial charge in [0, 0.05) is 6.54 Å². The fraction of sp³-hybridized carbons (Fsp3) is 0.429. The van der Waals surface area contributed by atoms with Gasteiger partial charge in [0.05, 0.1) is 13.2 Å². The molecular formula is C21H28ClNO2. The molecule has 0 aromatic heterocycles. The Balaban J connectivity index is 0.00000225. The van der Waals surface area contributed by atoms with Crippen LogP contribution in [0.4, 0.5) is 0 Å². The zero-order valence-electron chi connectivity index (χ0n) is 14.8. The second-order valence-corrected chi connectivity index (χ2v) is 6.73. The highest BCUT2D eigenvalue weighted by molar-refractivity contribution is 5.85. The van der Waals surface area contributed by atoms with Crippen molar-refractivity contribution in [1.29, 1.82) is 0 Å². The summed E-state index contributed by atoms with van der Waals surface area (Å²) < 4.78 is 5.17. The summed E-state index contributed by atoms with van der Waals surface area (Å²) >= 11 is 0. The Morgan fingerprint density at radius 1 is 1.04 bits per heavy atom. The van der Waals surface area contributed by atoms with Gasteiger partial charge in [-0.15, -0.1) is 12.4 Å². The lowest BCUT2D eigenvalue weighted by atomic mass is 9.89. The van der Waals surface area contributed by atoms with E-state index in [1.54, 1.807) is 7.11 Å². The summed E-state index contributed by atoms with van der Waals surface area (Å²) in [7, 11) is 1.66. The van der Waals surface area contributed by atoms with Crippen LogP contribution in [0.1, 0.15) is 36.5 Å². The molecule has 1 heterocycles. The molecule has 0 saturated carbocycles. The molecule has 0 bridgehead atoms. The minimum absolute atomic E-state index is 0.